The van der Waals surface area contributed by atoms with Gasteiger partial charge in [-0.25, -0.2) is 4.99 Å². The molecule has 1 N–H and O–H groups in total. The van der Waals surface area contributed by atoms with Gasteiger partial charge in [0.05, 0.1) is 5.69 Å². The summed E-state index contributed by atoms with van der Waals surface area (Å²) in [4.78, 5) is 32.4. The topological polar surface area (TPSA) is 61.8 Å². The maximum absolute atomic E-state index is 13.3. The number of aryl methyl sites for hydroxylation is 1. The van der Waals surface area contributed by atoms with Gasteiger partial charge in [-0.2, -0.15) is 0 Å². The van der Waals surface area contributed by atoms with Gasteiger partial charge in [0, 0.05) is 27.6 Å². The molecule has 1 saturated heterocycles. The highest BCUT2D eigenvalue weighted by Crippen LogP contribution is 2.37. The number of nitrogens with zero attached hydrogens (tertiary/aromatic N) is 2. The summed E-state index contributed by atoms with van der Waals surface area (Å²) in [6.45, 7) is 1.94. The number of amidine groups is 1. The van der Waals surface area contributed by atoms with E-state index >= 15 is 0 Å². The highest BCUT2D eigenvalue weighted by Gasteiger charge is 2.43. The van der Waals surface area contributed by atoms with Crippen molar-refractivity contribution in [3.8, 4) is 0 Å². The number of thioether (sulfide) groups is 1. The van der Waals surface area contributed by atoms with Crippen molar-refractivity contribution in [2.24, 2.45) is 4.99 Å². The zero-order chi connectivity index (χ0) is 22.0. The fourth-order valence-electron chi connectivity index (χ4n) is 3.87. The lowest BCUT2D eigenvalue weighted by Gasteiger charge is -2.23. The van der Waals surface area contributed by atoms with Crippen LogP contribution in [0, 0.1) is 6.92 Å². The van der Waals surface area contributed by atoms with E-state index in [1.807, 2.05) is 54.3 Å². The van der Waals surface area contributed by atoms with Gasteiger partial charge in [0.2, 0.25) is 11.8 Å². The van der Waals surface area contributed by atoms with Crippen molar-refractivity contribution in [1.82, 2.24) is 4.90 Å². The zero-order valence-electron chi connectivity index (χ0n) is 17.1. The van der Waals surface area contributed by atoms with E-state index in [0.29, 0.717) is 21.6 Å². The SMILES string of the molecule is Cc1ccc(N=C2S[C@H](CC(=O)Nc3ccc(Br)cc3)C(=O)N2C2CCCC2)cc1Cl. The zero-order valence-corrected chi connectivity index (χ0v) is 20.3. The van der Waals surface area contributed by atoms with Gasteiger partial charge in [-0.05, 0) is 61.7 Å². The van der Waals surface area contributed by atoms with Crippen LogP contribution < -0.4 is 5.32 Å². The summed E-state index contributed by atoms with van der Waals surface area (Å²) < 4.78 is 0.941. The van der Waals surface area contributed by atoms with Gasteiger partial charge in [0.1, 0.15) is 5.25 Å². The van der Waals surface area contributed by atoms with Crippen molar-refractivity contribution in [3.05, 3.63) is 57.5 Å². The quantitative estimate of drug-likeness (QED) is 0.502. The molecule has 1 aliphatic carbocycles. The van der Waals surface area contributed by atoms with E-state index in [4.69, 9.17) is 16.6 Å². The average molecular weight is 521 g/mol. The summed E-state index contributed by atoms with van der Waals surface area (Å²) in [5, 5.41) is 3.71. The predicted molar refractivity (Wildman–Crippen MR) is 131 cm³/mol. The lowest BCUT2D eigenvalue weighted by Crippen LogP contribution is -2.40. The van der Waals surface area contributed by atoms with Crippen molar-refractivity contribution in [2.75, 3.05) is 5.32 Å². The van der Waals surface area contributed by atoms with Crippen molar-refractivity contribution in [1.29, 1.82) is 0 Å². The van der Waals surface area contributed by atoms with E-state index in [0.717, 1.165) is 35.7 Å². The first-order valence-electron chi connectivity index (χ1n) is 10.3. The molecule has 2 aromatic rings. The fourth-order valence-corrected chi connectivity index (χ4v) is 5.52. The van der Waals surface area contributed by atoms with Crippen LogP contribution in [0.1, 0.15) is 37.7 Å². The minimum Gasteiger partial charge on any atom is -0.326 e. The first-order chi connectivity index (χ1) is 14.9. The van der Waals surface area contributed by atoms with E-state index in [-0.39, 0.29) is 24.3 Å². The molecule has 1 atom stereocenters. The molecule has 2 aromatic carbocycles. The molecular formula is C23H23BrClN3O2S. The molecule has 1 aliphatic heterocycles. The average Bonchev–Trinajstić information content (AvgIpc) is 3.35. The van der Waals surface area contributed by atoms with Gasteiger partial charge in [0.15, 0.2) is 5.17 Å². The molecule has 0 unspecified atom stereocenters. The van der Waals surface area contributed by atoms with Crippen LogP contribution in [-0.2, 0) is 9.59 Å². The highest BCUT2D eigenvalue weighted by atomic mass is 79.9. The van der Waals surface area contributed by atoms with Crippen molar-refractivity contribution in [3.63, 3.8) is 0 Å². The maximum Gasteiger partial charge on any atom is 0.242 e. The van der Waals surface area contributed by atoms with Crippen molar-refractivity contribution < 1.29 is 9.59 Å². The number of halogens is 2. The third kappa shape index (κ3) is 5.33. The number of aliphatic imine (C=N–C) groups is 1. The number of rotatable bonds is 5. The Hall–Kier alpha value is -1.83. The molecule has 0 aromatic heterocycles. The second-order valence-corrected chi connectivity index (χ2v) is 10.3. The van der Waals surface area contributed by atoms with E-state index in [9.17, 15) is 9.59 Å². The second-order valence-electron chi connectivity index (χ2n) is 7.84. The highest BCUT2D eigenvalue weighted by molar-refractivity contribution is 9.10. The Kier molecular flexibility index (Phi) is 7.04. The fraction of sp³-hybridized carbons (Fsp3) is 0.348. The van der Waals surface area contributed by atoms with E-state index < -0.39 is 5.25 Å². The molecule has 2 fully saturated rings. The summed E-state index contributed by atoms with van der Waals surface area (Å²) in [5.74, 6) is -0.209. The number of anilines is 1. The third-order valence-electron chi connectivity index (χ3n) is 5.54. The minimum atomic E-state index is -0.476. The van der Waals surface area contributed by atoms with Crippen LogP contribution in [0.25, 0.3) is 0 Å². The van der Waals surface area contributed by atoms with Crippen LogP contribution in [0.5, 0.6) is 0 Å². The maximum atomic E-state index is 13.3. The molecule has 1 heterocycles. The number of carbonyl (C=O) groups excluding carboxylic acids is 2. The molecule has 0 spiro atoms. The Morgan fingerprint density at radius 2 is 1.94 bits per heavy atom. The van der Waals surface area contributed by atoms with E-state index in [1.54, 1.807) is 0 Å². The Balaban J connectivity index is 1.53. The van der Waals surface area contributed by atoms with Crippen LogP contribution in [0.2, 0.25) is 5.02 Å². The molecule has 4 rings (SSSR count). The monoisotopic (exact) mass is 519 g/mol. The molecule has 0 bridgehead atoms. The molecule has 162 valence electrons. The summed E-state index contributed by atoms with van der Waals surface area (Å²) in [5.41, 5.74) is 2.41. The predicted octanol–water partition coefficient (Wildman–Crippen LogP) is 6.31. The number of amides is 2. The van der Waals surface area contributed by atoms with Crippen molar-refractivity contribution >= 4 is 67.6 Å². The first kappa shape index (κ1) is 22.4. The Bertz CT molecular complexity index is 1020. The van der Waals surface area contributed by atoms with Crippen LogP contribution in [0.3, 0.4) is 0 Å². The Morgan fingerprint density at radius 1 is 1.23 bits per heavy atom. The number of hydrogen-bond acceptors (Lipinski definition) is 4. The normalized spacial score (nSPS) is 20.6. The number of nitrogens with one attached hydrogen (secondary N) is 1. The molecular weight excluding hydrogens is 498 g/mol. The van der Waals surface area contributed by atoms with E-state index in [1.165, 1.54) is 11.8 Å². The Labute approximate surface area is 199 Å². The summed E-state index contributed by atoms with van der Waals surface area (Å²) in [6.07, 6.45) is 4.26. The van der Waals surface area contributed by atoms with Gasteiger partial charge in [-0.3, -0.25) is 14.5 Å². The van der Waals surface area contributed by atoms with Gasteiger partial charge >= 0.3 is 0 Å². The van der Waals surface area contributed by atoms with E-state index in [2.05, 4.69) is 21.2 Å². The number of benzene rings is 2. The molecule has 8 heteroatoms. The number of hydrogen-bond donors (Lipinski definition) is 1. The van der Waals surface area contributed by atoms with Crippen LogP contribution in [0.15, 0.2) is 51.9 Å². The second kappa shape index (κ2) is 9.76. The van der Waals surface area contributed by atoms with Gasteiger partial charge in [-0.1, -0.05) is 58.2 Å². The summed E-state index contributed by atoms with van der Waals surface area (Å²) in [7, 11) is 0. The molecule has 5 nitrogen and oxygen atoms in total. The standard InChI is InChI=1S/C23H23BrClN3O2S/c1-14-6-9-17(12-19(14)25)27-23-28(18-4-2-3-5-18)22(30)20(31-23)13-21(29)26-16-10-7-15(24)8-11-16/h6-12,18,20H,2-5,13H2,1H3,(H,26,29)/t20-/m1/s1. The first-order valence-corrected chi connectivity index (χ1v) is 12.4. The van der Waals surface area contributed by atoms with Crippen LogP contribution >= 0.6 is 39.3 Å². The van der Waals surface area contributed by atoms with Gasteiger partial charge < -0.3 is 5.32 Å². The summed E-state index contributed by atoms with van der Waals surface area (Å²) in [6, 6.07) is 13.2. The minimum absolute atomic E-state index is 0.0279. The molecule has 1 saturated carbocycles. The third-order valence-corrected chi connectivity index (χ3v) is 7.62. The summed E-state index contributed by atoms with van der Waals surface area (Å²) >= 11 is 11.0. The molecule has 2 aliphatic rings. The number of carbonyl (C=O) groups is 2. The molecule has 2 amide bonds. The smallest absolute Gasteiger partial charge is 0.242 e. The van der Waals surface area contributed by atoms with Gasteiger partial charge in [-0.15, -0.1) is 0 Å². The van der Waals surface area contributed by atoms with Crippen LogP contribution in [-0.4, -0.2) is 33.2 Å². The van der Waals surface area contributed by atoms with Crippen LogP contribution in [0.4, 0.5) is 11.4 Å². The molecule has 31 heavy (non-hydrogen) atoms. The molecule has 0 radical (unpaired) electrons. The lowest BCUT2D eigenvalue weighted by atomic mass is 10.2. The largest absolute Gasteiger partial charge is 0.326 e. The van der Waals surface area contributed by atoms with Gasteiger partial charge in [0.25, 0.3) is 0 Å². The lowest BCUT2D eigenvalue weighted by molar-refractivity contribution is -0.129. The Morgan fingerprint density at radius 3 is 2.61 bits per heavy atom. The van der Waals surface area contributed by atoms with Crippen molar-refractivity contribution in [2.45, 2.75) is 50.3 Å².